The van der Waals surface area contributed by atoms with Gasteiger partial charge in [0.1, 0.15) is 0 Å². The van der Waals surface area contributed by atoms with E-state index in [2.05, 4.69) is 32.0 Å². The van der Waals surface area contributed by atoms with Crippen LogP contribution in [0, 0.1) is 19.3 Å². The Balaban J connectivity index is 2.48. The van der Waals surface area contributed by atoms with Crippen LogP contribution in [0.5, 0.6) is 0 Å². The number of carboxylic acid groups (broad SMARTS) is 1. The maximum Gasteiger partial charge on any atom is 0.303 e. The second-order valence-corrected chi connectivity index (χ2v) is 6.35. The molecule has 0 aliphatic carbocycles. The summed E-state index contributed by atoms with van der Waals surface area (Å²) in [6.45, 7) is 9.44. The highest BCUT2D eigenvalue weighted by Crippen LogP contribution is 2.50. The Bertz CT molecular complexity index is 499. The van der Waals surface area contributed by atoms with Crippen molar-refractivity contribution in [3.63, 3.8) is 0 Å². The summed E-state index contributed by atoms with van der Waals surface area (Å²) >= 11 is 0. The first kappa shape index (κ1) is 14.1. The number of aryl methyl sites for hydroxylation is 2. The summed E-state index contributed by atoms with van der Waals surface area (Å²) in [5, 5.41) is 9.16. The molecular weight excluding hydrogens is 240 g/mol. The Kier molecular flexibility index (Phi) is 3.43. The van der Waals surface area contributed by atoms with Crippen LogP contribution >= 0.6 is 0 Å². The monoisotopic (exact) mass is 262 g/mol. The van der Waals surface area contributed by atoms with Gasteiger partial charge in [-0.05, 0) is 30.4 Å². The molecule has 19 heavy (non-hydrogen) atoms. The molecule has 1 heterocycles. The molecule has 1 N–H and O–H groups in total. The summed E-state index contributed by atoms with van der Waals surface area (Å²) in [5.41, 5.74) is 3.16. The van der Waals surface area contributed by atoms with Crippen LogP contribution in [0.4, 0.5) is 0 Å². The van der Waals surface area contributed by atoms with E-state index < -0.39 is 5.97 Å². The normalized spacial score (nSPS) is 17.9. The molecule has 3 heteroatoms. The molecule has 1 aliphatic heterocycles. The van der Waals surface area contributed by atoms with Crippen molar-refractivity contribution >= 4 is 5.97 Å². The topological polar surface area (TPSA) is 46.5 Å². The van der Waals surface area contributed by atoms with E-state index in [4.69, 9.17) is 9.84 Å². The van der Waals surface area contributed by atoms with E-state index in [0.717, 1.165) is 0 Å². The zero-order valence-electron chi connectivity index (χ0n) is 12.1. The third kappa shape index (κ3) is 2.27. The summed E-state index contributed by atoms with van der Waals surface area (Å²) in [6, 6.07) is 6.39. The molecule has 0 saturated carbocycles. The van der Waals surface area contributed by atoms with Gasteiger partial charge in [-0.2, -0.15) is 0 Å². The highest BCUT2D eigenvalue weighted by molar-refractivity contribution is 5.68. The fourth-order valence-electron chi connectivity index (χ4n) is 3.02. The molecular formula is C16H22O3. The van der Waals surface area contributed by atoms with E-state index in [9.17, 15) is 4.79 Å². The van der Waals surface area contributed by atoms with Gasteiger partial charge in [-0.25, -0.2) is 0 Å². The molecule has 0 amide bonds. The molecule has 2 rings (SSSR count). The van der Waals surface area contributed by atoms with Crippen molar-refractivity contribution in [3.8, 4) is 0 Å². The minimum atomic E-state index is -0.749. The Morgan fingerprint density at radius 3 is 2.47 bits per heavy atom. The molecule has 1 aromatic rings. The van der Waals surface area contributed by atoms with Crippen molar-refractivity contribution in [3.05, 3.63) is 34.9 Å². The van der Waals surface area contributed by atoms with Crippen LogP contribution in [0.15, 0.2) is 18.2 Å². The predicted molar refractivity (Wildman–Crippen MR) is 74.4 cm³/mol. The zero-order valence-corrected chi connectivity index (χ0v) is 12.1. The van der Waals surface area contributed by atoms with Gasteiger partial charge in [-0.15, -0.1) is 0 Å². The van der Waals surface area contributed by atoms with Gasteiger partial charge in [-0.1, -0.05) is 37.6 Å². The molecule has 0 unspecified atom stereocenters. The smallest absolute Gasteiger partial charge is 0.303 e. The maximum absolute atomic E-state index is 11.1. The summed E-state index contributed by atoms with van der Waals surface area (Å²) in [4.78, 5) is 11.1. The quantitative estimate of drug-likeness (QED) is 0.907. The second kappa shape index (κ2) is 4.64. The van der Waals surface area contributed by atoms with E-state index in [1.165, 1.54) is 16.7 Å². The highest BCUT2D eigenvalue weighted by Gasteiger charge is 2.53. The third-order valence-electron chi connectivity index (χ3n) is 4.49. The van der Waals surface area contributed by atoms with E-state index >= 15 is 0 Å². The van der Waals surface area contributed by atoms with Crippen molar-refractivity contribution in [1.29, 1.82) is 0 Å². The Morgan fingerprint density at radius 1 is 1.37 bits per heavy atom. The van der Waals surface area contributed by atoms with Gasteiger partial charge >= 0.3 is 5.97 Å². The number of rotatable bonds is 4. The third-order valence-corrected chi connectivity index (χ3v) is 4.49. The molecule has 1 fully saturated rings. The van der Waals surface area contributed by atoms with Crippen LogP contribution in [0.1, 0.15) is 37.0 Å². The molecule has 0 bridgehead atoms. The van der Waals surface area contributed by atoms with Crippen LogP contribution in [-0.2, 0) is 14.9 Å². The first-order valence-electron chi connectivity index (χ1n) is 6.66. The minimum Gasteiger partial charge on any atom is -0.481 e. The molecule has 0 aromatic heterocycles. The number of carboxylic acids is 1. The van der Waals surface area contributed by atoms with Crippen LogP contribution in [0.3, 0.4) is 0 Å². The van der Waals surface area contributed by atoms with E-state index in [1.807, 2.05) is 13.8 Å². The number of benzene rings is 1. The van der Waals surface area contributed by atoms with Crippen molar-refractivity contribution in [2.75, 3.05) is 13.2 Å². The van der Waals surface area contributed by atoms with Crippen molar-refractivity contribution in [2.45, 2.75) is 39.5 Å². The summed E-state index contributed by atoms with van der Waals surface area (Å²) < 4.78 is 5.46. The summed E-state index contributed by atoms with van der Waals surface area (Å²) in [5.74, 6) is -0.749. The number of hydrogen-bond donors (Lipinski definition) is 1. The van der Waals surface area contributed by atoms with Gasteiger partial charge in [0.05, 0.1) is 19.6 Å². The molecule has 104 valence electrons. The van der Waals surface area contributed by atoms with E-state index in [0.29, 0.717) is 13.2 Å². The second-order valence-electron chi connectivity index (χ2n) is 6.35. The summed E-state index contributed by atoms with van der Waals surface area (Å²) in [7, 11) is 0. The number of hydrogen-bond acceptors (Lipinski definition) is 2. The maximum atomic E-state index is 11.1. The molecule has 1 saturated heterocycles. The molecule has 0 atom stereocenters. The zero-order chi connectivity index (χ0) is 14.3. The predicted octanol–water partition coefficient (Wildman–Crippen LogP) is 3.07. The van der Waals surface area contributed by atoms with Gasteiger partial charge in [0.25, 0.3) is 0 Å². The van der Waals surface area contributed by atoms with Crippen LogP contribution < -0.4 is 0 Å². The largest absolute Gasteiger partial charge is 0.481 e. The Hall–Kier alpha value is -1.35. The lowest BCUT2D eigenvalue weighted by atomic mass is 9.58. The fourth-order valence-corrected chi connectivity index (χ4v) is 3.02. The molecule has 1 aromatic carbocycles. The fraction of sp³-hybridized carbons (Fsp3) is 0.562. The lowest BCUT2D eigenvalue weighted by Crippen LogP contribution is -2.57. The standard InChI is InChI=1S/C16H22O3/c1-11-5-6-12(2)13(7-11)16(9-19-10-16)15(3,4)8-14(17)18/h5-7H,8-10H2,1-4H3,(H,17,18). The number of carbonyl (C=O) groups is 1. The van der Waals surface area contributed by atoms with E-state index in [1.54, 1.807) is 0 Å². The van der Waals surface area contributed by atoms with Gasteiger partial charge in [0.15, 0.2) is 0 Å². The van der Waals surface area contributed by atoms with Gasteiger partial charge in [0, 0.05) is 5.41 Å². The minimum absolute atomic E-state index is 0.156. The van der Waals surface area contributed by atoms with Crippen LogP contribution in [-0.4, -0.2) is 24.3 Å². The van der Waals surface area contributed by atoms with Gasteiger partial charge in [0.2, 0.25) is 0 Å². The molecule has 0 radical (unpaired) electrons. The molecule has 0 spiro atoms. The highest BCUT2D eigenvalue weighted by atomic mass is 16.5. The first-order valence-corrected chi connectivity index (χ1v) is 6.66. The Morgan fingerprint density at radius 2 is 2.00 bits per heavy atom. The number of aliphatic carboxylic acids is 1. The summed E-state index contributed by atoms with van der Waals surface area (Å²) in [6.07, 6.45) is 0.156. The van der Waals surface area contributed by atoms with Gasteiger partial charge in [-0.3, -0.25) is 4.79 Å². The van der Waals surface area contributed by atoms with Crippen molar-refractivity contribution < 1.29 is 14.6 Å². The average molecular weight is 262 g/mol. The SMILES string of the molecule is Cc1ccc(C)c(C2(C(C)(C)CC(=O)O)COC2)c1. The van der Waals surface area contributed by atoms with Crippen LogP contribution in [0.25, 0.3) is 0 Å². The molecule has 1 aliphatic rings. The Labute approximate surface area is 114 Å². The van der Waals surface area contributed by atoms with Crippen molar-refractivity contribution in [2.24, 2.45) is 5.41 Å². The van der Waals surface area contributed by atoms with Gasteiger partial charge < -0.3 is 9.84 Å². The van der Waals surface area contributed by atoms with Crippen molar-refractivity contribution in [1.82, 2.24) is 0 Å². The average Bonchev–Trinajstić information content (AvgIpc) is 2.19. The van der Waals surface area contributed by atoms with Crippen LogP contribution in [0.2, 0.25) is 0 Å². The van der Waals surface area contributed by atoms with E-state index in [-0.39, 0.29) is 17.3 Å². The molecule has 3 nitrogen and oxygen atoms in total. The lowest BCUT2D eigenvalue weighted by Gasteiger charge is -2.53. The number of ether oxygens (including phenoxy) is 1. The lowest BCUT2D eigenvalue weighted by molar-refractivity contribution is -0.151. The first-order chi connectivity index (χ1) is 8.78.